The van der Waals surface area contributed by atoms with Gasteiger partial charge in [-0.25, -0.2) is 0 Å². The van der Waals surface area contributed by atoms with Gasteiger partial charge in [0.1, 0.15) is 0 Å². The number of aromatic nitrogens is 1. The molecule has 1 aliphatic rings. The van der Waals surface area contributed by atoms with Crippen LogP contribution < -0.4 is 5.32 Å². The second-order valence-electron chi connectivity index (χ2n) is 5.35. The summed E-state index contributed by atoms with van der Waals surface area (Å²) in [4.78, 5) is 20.7. The minimum Gasteiger partial charge on any atom is -0.344 e. The van der Waals surface area contributed by atoms with Gasteiger partial charge in [0.15, 0.2) is 0 Å². The Morgan fingerprint density at radius 1 is 1.45 bits per heavy atom. The number of carbonyl (C=O) groups excluding carboxylic acids is 1. The molecule has 0 aliphatic carbocycles. The molecule has 1 saturated heterocycles. The van der Waals surface area contributed by atoms with E-state index < -0.39 is 0 Å². The van der Waals surface area contributed by atoms with Gasteiger partial charge < -0.3 is 10.2 Å². The first-order valence-corrected chi connectivity index (χ1v) is 7.24. The molecule has 1 fully saturated rings. The molecule has 1 aromatic heterocycles. The quantitative estimate of drug-likeness (QED) is 0.840. The van der Waals surface area contributed by atoms with E-state index in [9.17, 15) is 4.79 Å². The van der Waals surface area contributed by atoms with Crippen LogP contribution in [-0.4, -0.2) is 67.0 Å². The highest BCUT2D eigenvalue weighted by atomic mass is 16.2. The summed E-state index contributed by atoms with van der Waals surface area (Å²) in [6.07, 6.45) is 2.14. The lowest BCUT2D eigenvalue weighted by atomic mass is 10.1. The average Bonchev–Trinajstić information content (AvgIpc) is 2.48. The van der Waals surface area contributed by atoms with Crippen molar-refractivity contribution in [1.82, 2.24) is 20.1 Å². The number of rotatable bonds is 5. The summed E-state index contributed by atoms with van der Waals surface area (Å²) in [5.41, 5.74) is 1.96. The number of pyridine rings is 1. The maximum Gasteiger partial charge on any atom is 0.228 e. The fourth-order valence-corrected chi connectivity index (χ4v) is 2.33. The lowest BCUT2D eigenvalue weighted by molar-refractivity contribution is -0.129. The number of nitrogens with zero attached hydrogens (tertiary/aromatic N) is 3. The van der Waals surface area contributed by atoms with Crippen LogP contribution in [0.2, 0.25) is 0 Å². The van der Waals surface area contributed by atoms with E-state index in [1.165, 1.54) is 0 Å². The van der Waals surface area contributed by atoms with Crippen molar-refractivity contribution in [3.8, 4) is 0 Å². The van der Waals surface area contributed by atoms with Crippen LogP contribution in [0.15, 0.2) is 18.3 Å². The molecule has 0 saturated carbocycles. The molecule has 0 atom stereocenters. The topological polar surface area (TPSA) is 48.5 Å². The highest BCUT2D eigenvalue weighted by Crippen LogP contribution is 2.05. The fraction of sp³-hybridized carbons (Fsp3) is 0.600. The Kier molecular flexibility index (Phi) is 5.49. The van der Waals surface area contributed by atoms with E-state index in [1.54, 1.807) is 6.20 Å². The second kappa shape index (κ2) is 7.36. The summed E-state index contributed by atoms with van der Waals surface area (Å²) in [6, 6.07) is 3.90. The van der Waals surface area contributed by atoms with Gasteiger partial charge in [0, 0.05) is 52.5 Å². The summed E-state index contributed by atoms with van der Waals surface area (Å²) < 4.78 is 0. The van der Waals surface area contributed by atoms with Gasteiger partial charge in [0.2, 0.25) is 5.91 Å². The van der Waals surface area contributed by atoms with Crippen LogP contribution in [0, 0.1) is 6.92 Å². The first-order valence-electron chi connectivity index (χ1n) is 7.24. The van der Waals surface area contributed by atoms with Gasteiger partial charge in [-0.1, -0.05) is 6.07 Å². The van der Waals surface area contributed by atoms with Crippen molar-refractivity contribution in [3.05, 3.63) is 29.6 Å². The van der Waals surface area contributed by atoms with E-state index >= 15 is 0 Å². The van der Waals surface area contributed by atoms with Gasteiger partial charge in [-0.15, -0.1) is 0 Å². The molecule has 2 heterocycles. The third kappa shape index (κ3) is 4.28. The Morgan fingerprint density at radius 2 is 2.20 bits per heavy atom. The van der Waals surface area contributed by atoms with E-state index in [4.69, 9.17) is 0 Å². The number of hydrogen-bond acceptors (Lipinski definition) is 4. The average molecular weight is 276 g/mol. The zero-order chi connectivity index (χ0) is 14.4. The third-order valence-electron chi connectivity index (χ3n) is 3.82. The van der Waals surface area contributed by atoms with E-state index in [0.29, 0.717) is 6.42 Å². The minimum absolute atomic E-state index is 0.141. The van der Waals surface area contributed by atoms with Crippen LogP contribution in [0.25, 0.3) is 0 Å². The number of amides is 1. The van der Waals surface area contributed by atoms with Crippen LogP contribution in [-0.2, 0) is 11.2 Å². The summed E-state index contributed by atoms with van der Waals surface area (Å²) in [5.74, 6) is 0.141. The van der Waals surface area contributed by atoms with E-state index in [1.807, 2.05) is 31.0 Å². The molecule has 1 amide bonds. The van der Waals surface area contributed by atoms with Crippen molar-refractivity contribution in [3.63, 3.8) is 0 Å². The molecule has 5 heteroatoms. The number of carbonyl (C=O) groups is 1. The molecule has 1 aromatic rings. The van der Waals surface area contributed by atoms with Crippen molar-refractivity contribution in [2.45, 2.75) is 13.3 Å². The summed E-state index contributed by atoms with van der Waals surface area (Å²) >= 11 is 0. The molecule has 20 heavy (non-hydrogen) atoms. The maximum atomic E-state index is 12.2. The molecule has 0 bridgehead atoms. The number of hydrogen-bond donors (Lipinski definition) is 1. The standard InChI is InChI=1S/C15H24N4O/c1-13-4-3-5-17-14(13)12-15(20)18(2)10-11-19-8-6-16-7-9-19/h3-5,16H,6-12H2,1-2H3. The zero-order valence-corrected chi connectivity index (χ0v) is 12.4. The molecular formula is C15H24N4O. The molecule has 0 aromatic carbocycles. The molecule has 110 valence electrons. The molecule has 0 unspecified atom stereocenters. The van der Waals surface area contributed by atoms with Crippen LogP contribution in [0.4, 0.5) is 0 Å². The van der Waals surface area contributed by atoms with E-state index in [0.717, 1.165) is 50.5 Å². The lowest BCUT2D eigenvalue weighted by Gasteiger charge is -2.29. The van der Waals surface area contributed by atoms with Gasteiger partial charge in [-0.2, -0.15) is 0 Å². The number of nitrogens with one attached hydrogen (secondary N) is 1. The zero-order valence-electron chi connectivity index (χ0n) is 12.4. The molecule has 5 nitrogen and oxygen atoms in total. The highest BCUT2D eigenvalue weighted by Gasteiger charge is 2.14. The fourth-order valence-electron chi connectivity index (χ4n) is 2.33. The second-order valence-corrected chi connectivity index (χ2v) is 5.35. The van der Waals surface area contributed by atoms with Crippen LogP contribution in [0.3, 0.4) is 0 Å². The largest absolute Gasteiger partial charge is 0.344 e. The minimum atomic E-state index is 0.141. The molecular weight excluding hydrogens is 252 g/mol. The number of likely N-dealkylation sites (N-methyl/N-ethyl adjacent to an activating group) is 1. The predicted octanol–water partition coefficient (Wildman–Crippen LogP) is 0.296. The molecule has 1 N–H and O–H groups in total. The van der Waals surface area contributed by atoms with Crippen molar-refractivity contribution in [1.29, 1.82) is 0 Å². The molecule has 1 aliphatic heterocycles. The lowest BCUT2D eigenvalue weighted by Crippen LogP contribution is -2.46. The van der Waals surface area contributed by atoms with Crippen LogP contribution >= 0.6 is 0 Å². The van der Waals surface area contributed by atoms with Crippen molar-refractivity contribution in [2.24, 2.45) is 0 Å². The smallest absolute Gasteiger partial charge is 0.228 e. The van der Waals surface area contributed by atoms with Crippen molar-refractivity contribution < 1.29 is 4.79 Å². The van der Waals surface area contributed by atoms with Crippen LogP contribution in [0.5, 0.6) is 0 Å². The van der Waals surface area contributed by atoms with Gasteiger partial charge in [-0.05, 0) is 18.6 Å². The highest BCUT2D eigenvalue weighted by molar-refractivity contribution is 5.78. The van der Waals surface area contributed by atoms with Gasteiger partial charge in [0.25, 0.3) is 0 Å². The SMILES string of the molecule is Cc1cccnc1CC(=O)N(C)CCN1CCNCC1. The maximum absolute atomic E-state index is 12.2. The Morgan fingerprint density at radius 3 is 2.90 bits per heavy atom. The summed E-state index contributed by atoms with van der Waals surface area (Å²) in [7, 11) is 1.88. The molecule has 0 radical (unpaired) electrons. The molecule has 0 spiro atoms. The van der Waals surface area contributed by atoms with Crippen molar-refractivity contribution >= 4 is 5.91 Å². The first-order chi connectivity index (χ1) is 9.66. The number of piperazine rings is 1. The summed E-state index contributed by atoms with van der Waals surface area (Å²) in [6.45, 7) is 7.96. The number of aryl methyl sites for hydroxylation is 1. The third-order valence-corrected chi connectivity index (χ3v) is 3.82. The van der Waals surface area contributed by atoms with E-state index in [-0.39, 0.29) is 5.91 Å². The van der Waals surface area contributed by atoms with Gasteiger partial charge >= 0.3 is 0 Å². The Hall–Kier alpha value is -1.46. The normalized spacial score (nSPS) is 16.1. The Balaban J connectivity index is 1.78. The van der Waals surface area contributed by atoms with Crippen molar-refractivity contribution in [2.75, 3.05) is 46.3 Å². The first kappa shape index (κ1) is 14.9. The predicted molar refractivity (Wildman–Crippen MR) is 79.6 cm³/mol. The van der Waals surface area contributed by atoms with E-state index in [2.05, 4.69) is 15.2 Å². The Bertz CT molecular complexity index is 443. The van der Waals surface area contributed by atoms with Gasteiger partial charge in [-0.3, -0.25) is 14.7 Å². The Labute approximate surface area is 121 Å². The van der Waals surface area contributed by atoms with Gasteiger partial charge in [0.05, 0.1) is 12.1 Å². The molecule has 2 rings (SSSR count). The summed E-state index contributed by atoms with van der Waals surface area (Å²) in [5, 5.41) is 3.33. The monoisotopic (exact) mass is 276 g/mol. The van der Waals surface area contributed by atoms with Crippen LogP contribution in [0.1, 0.15) is 11.3 Å².